The monoisotopic (exact) mass is 464 g/mol. The molecule has 0 aromatic heterocycles. The molecule has 32 heavy (non-hydrogen) atoms. The first-order valence-corrected chi connectivity index (χ1v) is 13.0. The molecule has 2 fully saturated rings. The number of nitrogens with zero attached hydrogens (tertiary/aromatic N) is 3. The van der Waals surface area contributed by atoms with E-state index in [4.69, 9.17) is 0 Å². The summed E-state index contributed by atoms with van der Waals surface area (Å²) in [5.74, 6) is 0.0852. The molecule has 2 saturated heterocycles. The van der Waals surface area contributed by atoms with Gasteiger partial charge in [-0.05, 0) is 62.9 Å². The lowest BCUT2D eigenvalue weighted by Gasteiger charge is -2.34. The Bertz CT molecular complexity index is 887. The number of rotatable bonds is 7. The van der Waals surface area contributed by atoms with Crippen molar-refractivity contribution in [2.75, 3.05) is 53.4 Å². The van der Waals surface area contributed by atoms with E-state index in [1.54, 1.807) is 6.07 Å². The van der Waals surface area contributed by atoms with Crippen molar-refractivity contribution in [2.45, 2.75) is 43.4 Å². The van der Waals surface area contributed by atoms with Crippen LogP contribution in [0.15, 0.2) is 29.2 Å². The van der Waals surface area contributed by atoms with Crippen LogP contribution < -0.4 is 5.32 Å². The third kappa shape index (κ3) is 6.52. The lowest BCUT2D eigenvalue weighted by molar-refractivity contribution is -0.131. The summed E-state index contributed by atoms with van der Waals surface area (Å²) in [6.07, 6.45) is 7.26. The Morgan fingerprint density at radius 2 is 1.69 bits per heavy atom. The van der Waals surface area contributed by atoms with Crippen LogP contribution in [0.4, 0.5) is 0 Å². The highest BCUT2D eigenvalue weighted by molar-refractivity contribution is 7.89. The van der Waals surface area contributed by atoms with E-state index in [1.807, 2.05) is 4.90 Å². The molecule has 0 bridgehead atoms. The first kappa shape index (κ1) is 24.7. The normalized spacial score (nSPS) is 19.0. The van der Waals surface area contributed by atoms with Crippen LogP contribution in [-0.4, -0.2) is 87.7 Å². The molecule has 0 spiro atoms. The Kier molecular flexibility index (Phi) is 8.67. The third-order valence-corrected chi connectivity index (χ3v) is 8.27. The maximum absolute atomic E-state index is 12.6. The number of hydrogen-bond donors (Lipinski definition) is 1. The number of sulfonamides is 1. The van der Waals surface area contributed by atoms with Crippen molar-refractivity contribution in [3.63, 3.8) is 0 Å². The minimum absolute atomic E-state index is 0.0490. The van der Waals surface area contributed by atoms with Crippen LogP contribution >= 0.6 is 0 Å². The van der Waals surface area contributed by atoms with Gasteiger partial charge in [0.2, 0.25) is 15.9 Å². The van der Waals surface area contributed by atoms with Gasteiger partial charge >= 0.3 is 0 Å². The molecule has 2 aliphatic rings. The van der Waals surface area contributed by atoms with Gasteiger partial charge in [0.1, 0.15) is 0 Å². The van der Waals surface area contributed by atoms with E-state index in [0.29, 0.717) is 5.92 Å². The maximum atomic E-state index is 12.6. The van der Waals surface area contributed by atoms with E-state index < -0.39 is 15.9 Å². The van der Waals surface area contributed by atoms with Crippen LogP contribution in [-0.2, 0) is 14.8 Å². The Morgan fingerprint density at radius 3 is 2.31 bits per heavy atom. The smallest absolute Gasteiger partial charge is 0.251 e. The van der Waals surface area contributed by atoms with Crippen LogP contribution in [0.25, 0.3) is 0 Å². The molecule has 0 unspecified atom stereocenters. The molecule has 0 atom stereocenters. The minimum atomic E-state index is -3.62. The molecule has 9 heteroatoms. The fourth-order valence-electron chi connectivity index (χ4n) is 4.43. The maximum Gasteiger partial charge on any atom is 0.251 e. The molecule has 2 amide bonds. The summed E-state index contributed by atoms with van der Waals surface area (Å²) in [5, 5.41) is 2.64. The molecular weight excluding hydrogens is 428 g/mol. The minimum Gasteiger partial charge on any atom is -0.343 e. The lowest BCUT2D eigenvalue weighted by atomic mass is 9.96. The standard InChI is InChI=1S/C23H36N4O4S/c1-25(2)32(30,31)21-9-7-8-20(16-21)23(29)24-17-22(28)27-14-10-19(11-15-27)18-26-12-5-3-4-6-13-26/h7-9,16,19H,3-6,10-15,17-18H2,1-2H3,(H,24,29). The number of carbonyl (C=O) groups is 2. The van der Waals surface area contributed by atoms with Crippen molar-refractivity contribution >= 4 is 21.8 Å². The van der Waals surface area contributed by atoms with Gasteiger partial charge in [0.25, 0.3) is 5.91 Å². The van der Waals surface area contributed by atoms with Gasteiger partial charge in [-0.25, -0.2) is 12.7 Å². The molecule has 1 aromatic carbocycles. The summed E-state index contributed by atoms with van der Waals surface area (Å²) in [6, 6.07) is 5.86. The molecular formula is C23H36N4O4S. The fourth-order valence-corrected chi connectivity index (χ4v) is 5.38. The summed E-state index contributed by atoms with van der Waals surface area (Å²) in [7, 11) is -0.740. The molecule has 0 saturated carbocycles. The molecule has 3 rings (SSSR count). The quantitative estimate of drug-likeness (QED) is 0.664. The largest absolute Gasteiger partial charge is 0.343 e. The highest BCUT2D eigenvalue weighted by atomic mass is 32.2. The Balaban J connectivity index is 1.45. The lowest BCUT2D eigenvalue weighted by Crippen LogP contribution is -2.45. The number of hydrogen-bond acceptors (Lipinski definition) is 5. The molecule has 2 heterocycles. The number of likely N-dealkylation sites (tertiary alicyclic amines) is 2. The van der Waals surface area contributed by atoms with E-state index in [-0.39, 0.29) is 22.9 Å². The first-order valence-electron chi connectivity index (χ1n) is 11.6. The van der Waals surface area contributed by atoms with Crippen LogP contribution in [0.5, 0.6) is 0 Å². The number of piperidine rings is 1. The van der Waals surface area contributed by atoms with Gasteiger partial charge in [-0.3, -0.25) is 9.59 Å². The Labute approximate surface area is 192 Å². The molecule has 1 aromatic rings. The molecule has 0 radical (unpaired) electrons. The summed E-state index contributed by atoms with van der Waals surface area (Å²) in [6.45, 7) is 4.89. The van der Waals surface area contributed by atoms with Gasteiger partial charge in [-0.15, -0.1) is 0 Å². The van der Waals surface area contributed by atoms with Crippen LogP contribution in [0.2, 0.25) is 0 Å². The molecule has 1 N–H and O–H groups in total. The second-order valence-corrected chi connectivity index (χ2v) is 11.2. The zero-order chi connectivity index (χ0) is 23.1. The van der Waals surface area contributed by atoms with Gasteiger partial charge in [-0.1, -0.05) is 18.9 Å². The van der Waals surface area contributed by atoms with Crippen molar-refractivity contribution in [3.8, 4) is 0 Å². The van der Waals surface area contributed by atoms with Crippen LogP contribution in [0.3, 0.4) is 0 Å². The summed E-state index contributed by atoms with van der Waals surface area (Å²) >= 11 is 0. The van der Waals surface area contributed by atoms with E-state index in [2.05, 4.69) is 10.2 Å². The van der Waals surface area contributed by atoms with E-state index in [1.165, 1.54) is 71.1 Å². The number of carbonyl (C=O) groups excluding carboxylic acids is 2. The van der Waals surface area contributed by atoms with Crippen molar-refractivity contribution in [2.24, 2.45) is 5.92 Å². The summed E-state index contributed by atoms with van der Waals surface area (Å²) < 4.78 is 25.7. The van der Waals surface area contributed by atoms with E-state index in [0.717, 1.165) is 36.8 Å². The van der Waals surface area contributed by atoms with Gasteiger partial charge in [0, 0.05) is 39.3 Å². The van der Waals surface area contributed by atoms with Crippen molar-refractivity contribution < 1.29 is 18.0 Å². The van der Waals surface area contributed by atoms with Crippen LogP contribution in [0.1, 0.15) is 48.9 Å². The SMILES string of the molecule is CN(C)S(=O)(=O)c1cccc(C(=O)NCC(=O)N2CCC(CN3CCCCCC3)CC2)c1. The summed E-state index contributed by atoms with van der Waals surface area (Å²) in [4.78, 5) is 29.5. The number of amides is 2. The number of nitrogens with one attached hydrogen (secondary N) is 1. The zero-order valence-electron chi connectivity index (χ0n) is 19.3. The van der Waals surface area contributed by atoms with Gasteiger partial charge < -0.3 is 15.1 Å². The van der Waals surface area contributed by atoms with Crippen LogP contribution in [0, 0.1) is 5.92 Å². The molecule has 0 aliphatic carbocycles. The van der Waals surface area contributed by atoms with Gasteiger partial charge in [0.05, 0.1) is 11.4 Å². The van der Waals surface area contributed by atoms with Crippen molar-refractivity contribution in [1.29, 1.82) is 0 Å². The Hall–Kier alpha value is -1.97. The number of benzene rings is 1. The van der Waals surface area contributed by atoms with Gasteiger partial charge in [0.15, 0.2) is 0 Å². The van der Waals surface area contributed by atoms with Crippen molar-refractivity contribution in [1.82, 2.24) is 19.4 Å². The topological polar surface area (TPSA) is 90.0 Å². The molecule has 178 valence electrons. The first-order chi connectivity index (χ1) is 15.3. The van der Waals surface area contributed by atoms with Gasteiger partial charge in [-0.2, -0.15) is 0 Å². The average Bonchev–Trinajstić information content (AvgIpc) is 3.06. The van der Waals surface area contributed by atoms with Crippen molar-refractivity contribution in [3.05, 3.63) is 29.8 Å². The fraction of sp³-hybridized carbons (Fsp3) is 0.652. The highest BCUT2D eigenvalue weighted by Gasteiger charge is 2.25. The molecule has 2 aliphatic heterocycles. The second-order valence-electron chi connectivity index (χ2n) is 9.04. The zero-order valence-corrected chi connectivity index (χ0v) is 20.1. The predicted molar refractivity (Wildman–Crippen MR) is 124 cm³/mol. The van der Waals surface area contributed by atoms with E-state index >= 15 is 0 Å². The average molecular weight is 465 g/mol. The Morgan fingerprint density at radius 1 is 1.03 bits per heavy atom. The highest BCUT2D eigenvalue weighted by Crippen LogP contribution is 2.20. The predicted octanol–water partition coefficient (Wildman–Crippen LogP) is 1.78. The third-order valence-electron chi connectivity index (χ3n) is 6.46. The second kappa shape index (κ2) is 11.2. The molecule has 8 nitrogen and oxygen atoms in total. The summed E-state index contributed by atoms with van der Waals surface area (Å²) in [5.41, 5.74) is 0.219. The van der Waals surface area contributed by atoms with E-state index in [9.17, 15) is 18.0 Å².